The lowest BCUT2D eigenvalue weighted by Crippen LogP contribution is -2.49. The normalized spacial score (nSPS) is 15.0. The van der Waals surface area contributed by atoms with E-state index in [1.807, 2.05) is 29.0 Å². The first kappa shape index (κ1) is 18.5. The first-order chi connectivity index (χ1) is 9.56. The Morgan fingerprint density at radius 2 is 2.00 bits per heavy atom. The number of rotatable bonds is 4. The van der Waals surface area contributed by atoms with Crippen molar-refractivity contribution in [3.8, 4) is 0 Å². The van der Waals surface area contributed by atoms with Crippen molar-refractivity contribution in [2.45, 2.75) is 6.54 Å². The van der Waals surface area contributed by atoms with Gasteiger partial charge in [0.1, 0.15) is 0 Å². The summed E-state index contributed by atoms with van der Waals surface area (Å²) in [5, 5.41) is 4.50. The number of benzene rings is 1. The van der Waals surface area contributed by atoms with Gasteiger partial charge in [-0.05, 0) is 24.7 Å². The molecule has 21 heavy (non-hydrogen) atoms. The molecule has 4 nitrogen and oxygen atoms in total. The molecular weight excluding hydrogens is 333 g/mol. The molecule has 1 aliphatic heterocycles. The number of carbonyl (C=O) groups excluding carboxylic acids is 1. The van der Waals surface area contributed by atoms with Gasteiger partial charge in [-0.15, -0.1) is 12.4 Å². The van der Waals surface area contributed by atoms with E-state index in [1.54, 1.807) is 6.07 Å². The highest BCUT2D eigenvalue weighted by Gasteiger charge is 2.17. The maximum absolute atomic E-state index is 12.1. The van der Waals surface area contributed by atoms with Crippen LogP contribution >= 0.6 is 35.6 Å². The van der Waals surface area contributed by atoms with E-state index >= 15 is 0 Å². The Kier molecular flexibility index (Phi) is 7.77. The lowest BCUT2D eigenvalue weighted by molar-refractivity contribution is -0.132. The van der Waals surface area contributed by atoms with Crippen LogP contribution in [0.4, 0.5) is 0 Å². The molecule has 0 atom stereocenters. The Morgan fingerprint density at radius 3 is 2.62 bits per heavy atom. The average molecular weight is 353 g/mol. The zero-order chi connectivity index (χ0) is 14.5. The van der Waals surface area contributed by atoms with Crippen molar-refractivity contribution < 1.29 is 4.79 Å². The van der Waals surface area contributed by atoms with Crippen molar-refractivity contribution in [1.29, 1.82) is 0 Å². The number of hydrogen-bond acceptors (Lipinski definition) is 3. The largest absolute Gasteiger partial charge is 0.339 e. The lowest BCUT2D eigenvalue weighted by Gasteiger charge is -2.29. The summed E-state index contributed by atoms with van der Waals surface area (Å²) in [6, 6.07) is 5.44. The number of nitrogens with one attached hydrogen (secondary N) is 1. The first-order valence-electron chi connectivity index (χ1n) is 6.67. The fraction of sp³-hybridized carbons (Fsp3) is 0.500. The van der Waals surface area contributed by atoms with E-state index in [-0.39, 0.29) is 18.3 Å². The predicted molar refractivity (Wildman–Crippen MR) is 89.5 cm³/mol. The standard InChI is InChI=1S/C14H19Cl2N3O.ClH/c1-18(9-11-2-3-12(15)8-13(11)16)10-14(20)19-6-4-17-5-7-19;/h2-3,8,17H,4-7,9-10H2,1H3;1H. The van der Waals surface area contributed by atoms with Crippen molar-refractivity contribution in [3.05, 3.63) is 33.8 Å². The molecule has 1 aliphatic rings. The minimum Gasteiger partial charge on any atom is -0.339 e. The highest BCUT2D eigenvalue weighted by Crippen LogP contribution is 2.21. The summed E-state index contributed by atoms with van der Waals surface area (Å²) in [7, 11) is 1.92. The van der Waals surface area contributed by atoms with Gasteiger partial charge in [-0.1, -0.05) is 29.3 Å². The summed E-state index contributed by atoms with van der Waals surface area (Å²) in [4.78, 5) is 16.0. The third kappa shape index (κ3) is 5.64. The molecule has 0 unspecified atom stereocenters. The van der Waals surface area contributed by atoms with Gasteiger partial charge in [0.25, 0.3) is 0 Å². The molecule has 1 fully saturated rings. The van der Waals surface area contributed by atoms with E-state index in [2.05, 4.69) is 5.32 Å². The lowest BCUT2D eigenvalue weighted by atomic mass is 10.2. The van der Waals surface area contributed by atoms with Crippen LogP contribution in [-0.2, 0) is 11.3 Å². The molecule has 1 aromatic rings. The Hall–Kier alpha value is -0.520. The minimum absolute atomic E-state index is 0. The second-order valence-electron chi connectivity index (χ2n) is 5.04. The highest BCUT2D eigenvalue weighted by atomic mass is 35.5. The maximum Gasteiger partial charge on any atom is 0.236 e. The van der Waals surface area contributed by atoms with Gasteiger partial charge in [0, 0.05) is 42.8 Å². The van der Waals surface area contributed by atoms with Gasteiger partial charge >= 0.3 is 0 Å². The van der Waals surface area contributed by atoms with Gasteiger partial charge in [0.2, 0.25) is 5.91 Å². The van der Waals surface area contributed by atoms with Gasteiger partial charge in [0.15, 0.2) is 0 Å². The molecule has 0 bridgehead atoms. The third-order valence-electron chi connectivity index (χ3n) is 3.33. The van der Waals surface area contributed by atoms with E-state index < -0.39 is 0 Å². The monoisotopic (exact) mass is 351 g/mol. The molecule has 1 amide bonds. The fourth-order valence-electron chi connectivity index (χ4n) is 2.24. The van der Waals surface area contributed by atoms with Crippen LogP contribution in [0, 0.1) is 0 Å². The molecular formula is C14H20Cl3N3O. The summed E-state index contributed by atoms with van der Waals surface area (Å²) in [6.07, 6.45) is 0. The van der Waals surface area contributed by atoms with Gasteiger partial charge in [-0.2, -0.15) is 0 Å². The Balaban J connectivity index is 0.00000220. The van der Waals surface area contributed by atoms with Crippen molar-refractivity contribution >= 4 is 41.5 Å². The summed E-state index contributed by atoms with van der Waals surface area (Å²) < 4.78 is 0. The van der Waals surface area contributed by atoms with Crippen LogP contribution in [-0.4, -0.2) is 55.5 Å². The smallest absolute Gasteiger partial charge is 0.236 e. The molecule has 0 aromatic heterocycles. The summed E-state index contributed by atoms with van der Waals surface area (Å²) in [5.41, 5.74) is 0.978. The van der Waals surface area contributed by atoms with E-state index in [4.69, 9.17) is 23.2 Å². The number of hydrogen-bond donors (Lipinski definition) is 1. The number of halogens is 3. The minimum atomic E-state index is 0. The van der Waals surface area contributed by atoms with E-state index in [1.165, 1.54) is 0 Å². The molecule has 118 valence electrons. The van der Waals surface area contributed by atoms with Crippen LogP contribution < -0.4 is 5.32 Å². The quantitative estimate of drug-likeness (QED) is 0.903. The van der Waals surface area contributed by atoms with Crippen LogP contribution in [0.1, 0.15) is 5.56 Å². The molecule has 0 aliphatic carbocycles. The summed E-state index contributed by atoms with van der Waals surface area (Å²) in [5.74, 6) is 0.166. The van der Waals surface area contributed by atoms with Gasteiger partial charge in [-0.3, -0.25) is 9.69 Å². The highest BCUT2D eigenvalue weighted by molar-refractivity contribution is 6.35. The SMILES string of the molecule is CN(CC(=O)N1CCNCC1)Cc1ccc(Cl)cc1Cl.Cl. The topological polar surface area (TPSA) is 35.6 Å². The van der Waals surface area contributed by atoms with E-state index in [0.29, 0.717) is 23.1 Å². The zero-order valence-electron chi connectivity index (χ0n) is 11.9. The zero-order valence-corrected chi connectivity index (χ0v) is 14.3. The number of carbonyl (C=O) groups is 1. The maximum atomic E-state index is 12.1. The van der Waals surface area contributed by atoms with Gasteiger partial charge in [-0.25, -0.2) is 0 Å². The number of piperazine rings is 1. The van der Waals surface area contributed by atoms with Crippen LogP contribution in [0.3, 0.4) is 0 Å². The second kappa shape index (κ2) is 8.81. The van der Waals surface area contributed by atoms with Crippen molar-refractivity contribution in [1.82, 2.24) is 15.1 Å². The molecule has 0 spiro atoms. The molecule has 1 aromatic carbocycles. The third-order valence-corrected chi connectivity index (χ3v) is 3.92. The second-order valence-corrected chi connectivity index (χ2v) is 5.88. The van der Waals surface area contributed by atoms with Crippen molar-refractivity contribution in [2.75, 3.05) is 39.8 Å². The van der Waals surface area contributed by atoms with Crippen molar-refractivity contribution in [2.24, 2.45) is 0 Å². The Morgan fingerprint density at radius 1 is 1.33 bits per heavy atom. The first-order valence-corrected chi connectivity index (χ1v) is 7.43. The Bertz CT molecular complexity index is 479. The van der Waals surface area contributed by atoms with Gasteiger partial charge in [0.05, 0.1) is 6.54 Å². The van der Waals surface area contributed by atoms with Crippen molar-refractivity contribution in [3.63, 3.8) is 0 Å². The van der Waals surface area contributed by atoms with Crippen LogP contribution in [0.2, 0.25) is 10.0 Å². The van der Waals surface area contributed by atoms with Crippen LogP contribution in [0.25, 0.3) is 0 Å². The average Bonchev–Trinajstić information content (AvgIpc) is 2.43. The number of likely N-dealkylation sites (N-methyl/N-ethyl adjacent to an activating group) is 1. The molecule has 1 heterocycles. The Labute approximate surface area is 141 Å². The molecule has 2 rings (SSSR count). The van der Waals surface area contributed by atoms with Crippen LogP contribution in [0.5, 0.6) is 0 Å². The summed E-state index contributed by atoms with van der Waals surface area (Å²) >= 11 is 12.0. The van der Waals surface area contributed by atoms with E-state index in [0.717, 1.165) is 31.7 Å². The van der Waals surface area contributed by atoms with E-state index in [9.17, 15) is 4.79 Å². The number of nitrogens with zero attached hydrogens (tertiary/aromatic N) is 2. The van der Waals surface area contributed by atoms with Crippen LogP contribution in [0.15, 0.2) is 18.2 Å². The molecule has 0 saturated carbocycles. The fourth-order valence-corrected chi connectivity index (χ4v) is 2.71. The molecule has 1 N–H and O–H groups in total. The molecule has 0 radical (unpaired) electrons. The molecule has 7 heteroatoms. The molecule has 1 saturated heterocycles. The summed E-state index contributed by atoms with van der Waals surface area (Å²) in [6.45, 7) is 4.35. The predicted octanol–water partition coefficient (Wildman–Crippen LogP) is 2.28. The van der Waals surface area contributed by atoms with Gasteiger partial charge < -0.3 is 10.2 Å². The number of amides is 1.